The number of H-pyrrole nitrogens is 1. The van der Waals surface area contributed by atoms with Crippen LogP contribution in [0.1, 0.15) is 21.7 Å². The van der Waals surface area contributed by atoms with Crippen LogP contribution >= 0.6 is 11.6 Å². The van der Waals surface area contributed by atoms with Crippen molar-refractivity contribution in [3.63, 3.8) is 0 Å². The molecule has 9 heteroatoms. The first-order valence-electron chi connectivity index (χ1n) is 9.77. The zero-order chi connectivity index (χ0) is 22.5. The Kier molecular flexibility index (Phi) is 6.23. The smallest absolute Gasteiger partial charge is 0.337 e. The van der Waals surface area contributed by atoms with Crippen molar-refractivity contribution in [2.75, 3.05) is 5.32 Å². The van der Waals surface area contributed by atoms with Crippen LogP contribution in [0.15, 0.2) is 66.7 Å². The number of aromatic nitrogens is 2. The highest BCUT2D eigenvalue weighted by atomic mass is 35.5. The van der Waals surface area contributed by atoms with Gasteiger partial charge in [0, 0.05) is 16.3 Å². The van der Waals surface area contributed by atoms with Crippen LogP contribution in [0.3, 0.4) is 0 Å². The van der Waals surface area contributed by atoms with Crippen LogP contribution in [0.25, 0.3) is 11.0 Å². The van der Waals surface area contributed by atoms with Crippen LogP contribution in [-0.4, -0.2) is 21.9 Å². The standard InChI is InChI=1S/C23H20ClN5O3/c1-14-2-11-19-20(12-14)27-21(26-19)13-32-18-9-3-15(4-10-18)22(30)28-29-23(31)25-17-7-5-16(24)6-8-17/h2-12H,13H2,1H3,(H,26,27)(H,28,30)(H2,25,29,31). The van der Waals surface area contributed by atoms with Crippen molar-refractivity contribution in [2.45, 2.75) is 13.5 Å². The highest BCUT2D eigenvalue weighted by Gasteiger charge is 2.09. The lowest BCUT2D eigenvalue weighted by Crippen LogP contribution is -2.43. The maximum atomic E-state index is 12.2. The van der Waals surface area contributed by atoms with E-state index in [-0.39, 0.29) is 6.61 Å². The van der Waals surface area contributed by atoms with Crippen molar-refractivity contribution in [3.8, 4) is 5.75 Å². The van der Waals surface area contributed by atoms with Gasteiger partial charge in [-0.2, -0.15) is 0 Å². The molecule has 0 atom stereocenters. The minimum atomic E-state index is -0.582. The summed E-state index contributed by atoms with van der Waals surface area (Å²) < 4.78 is 5.74. The van der Waals surface area contributed by atoms with Gasteiger partial charge in [0.2, 0.25) is 0 Å². The highest BCUT2D eigenvalue weighted by Crippen LogP contribution is 2.17. The summed E-state index contributed by atoms with van der Waals surface area (Å²) in [5.74, 6) is 0.838. The zero-order valence-corrected chi connectivity index (χ0v) is 17.9. The average Bonchev–Trinajstić information content (AvgIpc) is 3.20. The molecule has 3 amide bonds. The lowest BCUT2D eigenvalue weighted by Gasteiger charge is -2.10. The number of hydrazine groups is 1. The molecule has 0 aliphatic carbocycles. The number of carbonyl (C=O) groups excluding carboxylic acids is 2. The number of hydrogen-bond donors (Lipinski definition) is 4. The molecule has 0 saturated carbocycles. The second-order valence-electron chi connectivity index (χ2n) is 7.06. The summed E-state index contributed by atoms with van der Waals surface area (Å²) in [5, 5.41) is 3.14. The van der Waals surface area contributed by atoms with Crippen LogP contribution in [0.2, 0.25) is 5.02 Å². The Labute approximate surface area is 188 Å². The van der Waals surface area contributed by atoms with Gasteiger partial charge in [0.15, 0.2) is 0 Å². The number of carbonyl (C=O) groups is 2. The number of urea groups is 1. The first kappa shape index (κ1) is 21.2. The maximum absolute atomic E-state index is 12.2. The number of anilines is 1. The van der Waals surface area contributed by atoms with Gasteiger partial charge in [0.05, 0.1) is 11.0 Å². The Hall–Kier alpha value is -4.04. The van der Waals surface area contributed by atoms with E-state index in [0.29, 0.717) is 27.8 Å². The van der Waals surface area contributed by atoms with Crippen molar-refractivity contribution in [1.29, 1.82) is 0 Å². The number of hydrogen-bond acceptors (Lipinski definition) is 4. The van der Waals surface area contributed by atoms with Crippen molar-refractivity contribution in [1.82, 2.24) is 20.8 Å². The Balaban J connectivity index is 1.27. The molecule has 0 saturated heterocycles. The number of aromatic amines is 1. The van der Waals surface area contributed by atoms with Crippen LogP contribution in [0, 0.1) is 6.92 Å². The number of nitrogens with one attached hydrogen (secondary N) is 4. The van der Waals surface area contributed by atoms with E-state index in [1.165, 1.54) is 0 Å². The predicted molar refractivity (Wildman–Crippen MR) is 123 cm³/mol. The Morgan fingerprint density at radius 1 is 1.00 bits per heavy atom. The number of nitrogens with zero attached hydrogens (tertiary/aromatic N) is 1. The highest BCUT2D eigenvalue weighted by molar-refractivity contribution is 6.30. The van der Waals surface area contributed by atoms with E-state index in [9.17, 15) is 9.59 Å². The monoisotopic (exact) mass is 449 g/mol. The van der Waals surface area contributed by atoms with E-state index in [0.717, 1.165) is 16.6 Å². The summed E-state index contributed by atoms with van der Waals surface area (Å²) in [6, 6.07) is 18.6. The molecule has 1 aromatic heterocycles. The predicted octanol–water partition coefficient (Wildman–Crippen LogP) is 4.57. The lowest BCUT2D eigenvalue weighted by molar-refractivity contribution is 0.0938. The number of imidazole rings is 1. The van der Waals surface area contributed by atoms with Crippen LogP contribution in [0.4, 0.5) is 10.5 Å². The average molecular weight is 450 g/mol. The summed E-state index contributed by atoms with van der Waals surface area (Å²) in [6.07, 6.45) is 0. The topological polar surface area (TPSA) is 108 Å². The number of halogens is 1. The first-order chi connectivity index (χ1) is 15.5. The molecule has 0 radical (unpaired) electrons. The third kappa shape index (κ3) is 5.35. The second-order valence-corrected chi connectivity index (χ2v) is 7.49. The fraction of sp³-hybridized carbons (Fsp3) is 0.0870. The fourth-order valence-corrected chi connectivity index (χ4v) is 3.11. The molecular formula is C23H20ClN5O3. The second kappa shape index (κ2) is 9.40. The lowest BCUT2D eigenvalue weighted by atomic mass is 10.2. The van der Waals surface area contributed by atoms with Crippen molar-refractivity contribution in [2.24, 2.45) is 0 Å². The molecule has 1 heterocycles. The van der Waals surface area contributed by atoms with Gasteiger partial charge in [-0.15, -0.1) is 0 Å². The molecular weight excluding hydrogens is 430 g/mol. The third-order valence-electron chi connectivity index (χ3n) is 4.57. The summed E-state index contributed by atoms with van der Waals surface area (Å²) >= 11 is 5.80. The molecule has 0 bridgehead atoms. The summed E-state index contributed by atoms with van der Waals surface area (Å²) in [4.78, 5) is 31.9. The van der Waals surface area contributed by atoms with E-state index in [2.05, 4.69) is 26.1 Å². The van der Waals surface area contributed by atoms with Gasteiger partial charge in [0.1, 0.15) is 18.2 Å². The van der Waals surface area contributed by atoms with Gasteiger partial charge in [-0.1, -0.05) is 17.7 Å². The summed E-state index contributed by atoms with van der Waals surface area (Å²) in [6.45, 7) is 2.29. The minimum absolute atomic E-state index is 0.270. The van der Waals surface area contributed by atoms with Gasteiger partial charge in [0.25, 0.3) is 5.91 Å². The van der Waals surface area contributed by atoms with Crippen LogP contribution in [-0.2, 0) is 6.61 Å². The van der Waals surface area contributed by atoms with Gasteiger partial charge in [-0.25, -0.2) is 15.2 Å². The number of ether oxygens (including phenoxy) is 1. The molecule has 4 aromatic rings. The van der Waals surface area contributed by atoms with Crippen LogP contribution < -0.4 is 20.9 Å². The zero-order valence-electron chi connectivity index (χ0n) is 17.1. The number of fused-ring (bicyclic) bond motifs is 1. The summed E-state index contributed by atoms with van der Waals surface area (Å²) in [5.41, 5.74) is 8.54. The number of aryl methyl sites for hydroxylation is 1. The minimum Gasteiger partial charge on any atom is -0.486 e. The molecule has 0 unspecified atom stereocenters. The molecule has 0 fully saturated rings. The van der Waals surface area contributed by atoms with Gasteiger partial charge < -0.3 is 15.0 Å². The molecule has 0 aliphatic rings. The number of benzene rings is 3. The Morgan fingerprint density at radius 2 is 1.75 bits per heavy atom. The Morgan fingerprint density at radius 3 is 2.50 bits per heavy atom. The van der Waals surface area contributed by atoms with E-state index >= 15 is 0 Å². The van der Waals surface area contributed by atoms with Gasteiger partial charge in [-0.3, -0.25) is 10.2 Å². The van der Waals surface area contributed by atoms with E-state index in [4.69, 9.17) is 16.3 Å². The molecule has 4 rings (SSSR count). The number of amides is 3. The summed E-state index contributed by atoms with van der Waals surface area (Å²) in [7, 11) is 0. The molecule has 162 valence electrons. The molecule has 4 N–H and O–H groups in total. The normalized spacial score (nSPS) is 10.6. The molecule has 32 heavy (non-hydrogen) atoms. The van der Waals surface area contributed by atoms with Gasteiger partial charge in [-0.05, 0) is 73.2 Å². The quantitative estimate of drug-likeness (QED) is 0.335. The SMILES string of the molecule is Cc1ccc2nc(COc3ccc(C(=O)NNC(=O)Nc4ccc(Cl)cc4)cc3)[nH]c2c1. The third-order valence-corrected chi connectivity index (χ3v) is 4.82. The fourth-order valence-electron chi connectivity index (χ4n) is 2.98. The van der Waals surface area contributed by atoms with Crippen LogP contribution in [0.5, 0.6) is 5.75 Å². The van der Waals surface area contributed by atoms with Crippen molar-refractivity contribution in [3.05, 3.63) is 88.7 Å². The molecule has 0 aliphatic heterocycles. The largest absolute Gasteiger partial charge is 0.486 e. The maximum Gasteiger partial charge on any atom is 0.337 e. The van der Waals surface area contributed by atoms with Crippen molar-refractivity contribution < 1.29 is 14.3 Å². The number of rotatable bonds is 5. The van der Waals surface area contributed by atoms with E-state index < -0.39 is 11.9 Å². The van der Waals surface area contributed by atoms with Crippen molar-refractivity contribution >= 4 is 40.3 Å². The molecule has 8 nitrogen and oxygen atoms in total. The molecule has 3 aromatic carbocycles. The Bertz CT molecular complexity index is 1250. The van der Waals surface area contributed by atoms with Gasteiger partial charge >= 0.3 is 6.03 Å². The first-order valence-corrected chi connectivity index (χ1v) is 10.1. The van der Waals surface area contributed by atoms with E-state index in [1.54, 1.807) is 48.5 Å². The molecule has 0 spiro atoms. The van der Waals surface area contributed by atoms with E-state index in [1.807, 2.05) is 25.1 Å².